The zero-order chi connectivity index (χ0) is 14.6. The van der Waals surface area contributed by atoms with Gasteiger partial charge < -0.3 is 30.3 Å². The van der Waals surface area contributed by atoms with Crippen LogP contribution in [-0.2, 0) is 4.74 Å². The molecule has 19 heavy (non-hydrogen) atoms. The van der Waals surface area contributed by atoms with Gasteiger partial charge >= 0.3 is 0 Å². The monoisotopic (exact) mass is 342 g/mol. The average Bonchev–Trinajstić information content (AvgIpc) is 2.37. The van der Waals surface area contributed by atoms with Gasteiger partial charge in [-0.3, -0.25) is 0 Å². The standard InChI is InChI=1S/C12H23BrO6/c1-2-3-4-5-6-12(18)10(16)8(15)7(14)9(19-12)11(13)17/h7-11,14-18H,2-6H2,1H3/t7-,8-,9-,10+,11?,12?/m0/s1. The molecule has 0 amide bonds. The Morgan fingerprint density at radius 3 is 2.32 bits per heavy atom. The third-order valence-corrected chi connectivity index (χ3v) is 3.99. The van der Waals surface area contributed by atoms with Crippen molar-refractivity contribution >= 4 is 15.9 Å². The summed E-state index contributed by atoms with van der Waals surface area (Å²) in [6.45, 7) is 2.05. The Bertz CT molecular complexity index is 277. The van der Waals surface area contributed by atoms with E-state index in [1.165, 1.54) is 0 Å². The second-order valence-electron chi connectivity index (χ2n) is 5.04. The van der Waals surface area contributed by atoms with Crippen LogP contribution in [0.3, 0.4) is 0 Å². The SMILES string of the molecule is CCCCCCC1(O)O[C@H](C(O)Br)[C@@H](O)[C@H](O)[C@H]1O. The summed E-state index contributed by atoms with van der Waals surface area (Å²) in [4.78, 5) is 0. The van der Waals surface area contributed by atoms with Crippen molar-refractivity contribution in [2.75, 3.05) is 0 Å². The predicted molar refractivity (Wildman–Crippen MR) is 71.5 cm³/mol. The first-order chi connectivity index (χ1) is 8.83. The van der Waals surface area contributed by atoms with Gasteiger partial charge in [0.05, 0.1) is 0 Å². The molecule has 0 aromatic heterocycles. The lowest BCUT2D eigenvalue weighted by Crippen LogP contribution is -2.66. The highest BCUT2D eigenvalue weighted by Gasteiger charge is 2.53. The van der Waals surface area contributed by atoms with Crippen LogP contribution >= 0.6 is 15.9 Å². The summed E-state index contributed by atoms with van der Waals surface area (Å²) in [6, 6.07) is 0. The molecule has 1 saturated heterocycles. The number of aliphatic hydroxyl groups excluding tert-OH is 4. The van der Waals surface area contributed by atoms with E-state index in [2.05, 4.69) is 22.9 Å². The molecule has 5 N–H and O–H groups in total. The van der Waals surface area contributed by atoms with Crippen LogP contribution in [0.4, 0.5) is 0 Å². The number of halogens is 1. The molecule has 0 saturated carbocycles. The Morgan fingerprint density at radius 2 is 1.79 bits per heavy atom. The molecule has 0 radical (unpaired) electrons. The number of aliphatic hydroxyl groups is 5. The van der Waals surface area contributed by atoms with Gasteiger partial charge in [0.1, 0.15) is 29.4 Å². The summed E-state index contributed by atoms with van der Waals surface area (Å²) < 4.78 is 5.21. The minimum atomic E-state index is -1.95. The summed E-state index contributed by atoms with van der Waals surface area (Å²) in [5.74, 6) is -1.95. The zero-order valence-corrected chi connectivity index (χ0v) is 12.5. The molecule has 1 heterocycles. The minimum Gasteiger partial charge on any atom is -0.387 e. The minimum absolute atomic E-state index is 0.133. The van der Waals surface area contributed by atoms with Gasteiger partial charge in [0.25, 0.3) is 0 Å². The largest absolute Gasteiger partial charge is 0.387 e. The van der Waals surface area contributed by atoms with Crippen molar-refractivity contribution in [3.8, 4) is 0 Å². The molecule has 114 valence electrons. The van der Waals surface area contributed by atoms with Gasteiger partial charge in [-0.15, -0.1) is 0 Å². The topological polar surface area (TPSA) is 110 Å². The maximum Gasteiger partial charge on any atom is 0.195 e. The zero-order valence-electron chi connectivity index (χ0n) is 10.9. The molecule has 2 unspecified atom stereocenters. The lowest BCUT2D eigenvalue weighted by atomic mass is 9.89. The molecule has 1 rings (SSSR count). The molecule has 0 aliphatic carbocycles. The first-order valence-corrected chi connectivity index (χ1v) is 7.51. The number of alkyl halides is 1. The molecule has 6 nitrogen and oxygen atoms in total. The summed E-state index contributed by atoms with van der Waals surface area (Å²) in [7, 11) is 0. The van der Waals surface area contributed by atoms with Crippen LogP contribution in [-0.4, -0.2) is 60.7 Å². The van der Waals surface area contributed by atoms with Crippen molar-refractivity contribution in [1.29, 1.82) is 0 Å². The number of unbranched alkanes of at least 4 members (excludes halogenated alkanes) is 3. The molecular formula is C12H23BrO6. The second-order valence-corrected chi connectivity index (χ2v) is 5.97. The Hall–Kier alpha value is 0.240. The normalized spacial score (nSPS) is 41.2. The maximum absolute atomic E-state index is 10.3. The van der Waals surface area contributed by atoms with Crippen molar-refractivity contribution < 1.29 is 30.3 Å². The van der Waals surface area contributed by atoms with Gasteiger partial charge in [-0.05, 0) is 6.42 Å². The van der Waals surface area contributed by atoms with E-state index in [-0.39, 0.29) is 6.42 Å². The fourth-order valence-corrected chi connectivity index (χ4v) is 2.67. The number of ether oxygens (including phenoxy) is 1. The van der Waals surface area contributed by atoms with E-state index in [1.54, 1.807) is 0 Å². The van der Waals surface area contributed by atoms with Crippen molar-refractivity contribution in [1.82, 2.24) is 0 Å². The molecule has 6 atom stereocenters. The van der Waals surface area contributed by atoms with E-state index in [9.17, 15) is 25.5 Å². The highest BCUT2D eigenvalue weighted by Crippen LogP contribution is 2.34. The Kier molecular flexibility index (Phi) is 6.65. The maximum atomic E-state index is 10.3. The molecule has 1 aliphatic rings. The predicted octanol–water partition coefficient (Wildman–Crippen LogP) is -0.160. The Morgan fingerprint density at radius 1 is 1.16 bits per heavy atom. The quantitative estimate of drug-likeness (QED) is 0.339. The smallest absolute Gasteiger partial charge is 0.195 e. The van der Waals surface area contributed by atoms with Crippen molar-refractivity contribution in [3.63, 3.8) is 0 Å². The number of rotatable bonds is 6. The van der Waals surface area contributed by atoms with Crippen LogP contribution in [0.25, 0.3) is 0 Å². The molecular weight excluding hydrogens is 320 g/mol. The van der Waals surface area contributed by atoms with Gasteiger partial charge in [-0.2, -0.15) is 0 Å². The Labute approximate surface area is 121 Å². The number of hydrogen-bond acceptors (Lipinski definition) is 6. The van der Waals surface area contributed by atoms with E-state index in [0.29, 0.717) is 6.42 Å². The molecule has 1 fully saturated rings. The van der Waals surface area contributed by atoms with Crippen LogP contribution in [0.1, 0.15) is 39.0 Å². The molecule has 0 aromatic carbocycles. The molecule has 0 spiro atoms. The third kappa shape index (κ3) is 4.10. The first kappa shape index (κ1) is 17.3. The highest BCUT2D eigenvalue weighted by molar-refractivity contribution is 9.09. The van der Waals surface area contributed by atoms with E-state index in [1.807, 2.05) is 0 Å². The summed E-state index contributed by atoms with van der Waals surface area (Å²) in [5, 5.41) is 47.7. The van der Waals surface area contributed by atoms with E-state index < -0.39 is 35.2 Å². The highest BCUT2D eigenvalue weighted by atomic mass is 79.9. The molecule has 1 aliphatic heterocycles. The van der Waals surface area contributed by atoms with Gasteiger partial charge in [-0.25, -0.2) is 0 Å². The summed E-state index contributed by atoms with van der Waals surface area (Å²) in [5.41, 5.74) is 0. The van der Waals surface area contributed by atoms with Crippen molar-refractivity contribution in [2.24, 2.45) is 0 Å². The van der Waals surface area contributed by atoms with Crippen LogP contribution < -0.4 is 0 Å². The summed E-state index contributed by atoms with van der Waals surface area (Å²) >= 11 is 2.84. The third-order valence-electron chi connectivity index (χ3n) is 3.47. The summed E-state index contributed by atoms with van der Waals surface area (Å²) in [6.07, 6.45) is -2.18. The van der Waals surface area contributed by atoms with Gasteiger partial charge in [0, 0.05) is 6.42 Å². The van der Waals surface area contributed by atoms with Crippen LogP contribution in [0.15, 0.2) is 0 Å². The first-order valence-electron chi connectivity index (χ1n) is 6.60. The van der Waals surface area contributed by atoms with Gasteiger partial charge in [0.15, 0.2) is 5.79 Å². The van der Waals surface area contributed by atoms with E-state index in [0.717, 1.165) is 19.3 Å². The molecule has 7 heteroatoms. The fraction of sp³-hybridized carbons (Fsp3) is 1.00. The van der Waals surface area contributed by atoms with E-state index >= 15 is 0 Å². The van der Waals surface area contributed by atoms with Gasteiger partial charge in [-0.1, -0.05) is 42.1 Å². The van der Waals surface area contributed by atoms with Crippen LogP contribution in [0.2, 0.25) is 0 Å². The second kappa shape index (κ2) is 7.31. The number of hydrogen-bond donors (Lipinski definition) is 5. The lowest BCUT2D eigenvalue weighted by Gasteiger charge is -2.46. The fourth-order valence-electron chi connectivity index (χ4n) is 2.25. The molecule has 0 aromatic rings. The van der Waals surface area contributed by atoms with Crippen LogP contribution in [0, 0.1) is 0 Å². The molecule has 0 bridgehead atoms. The Balaban J connectivity index is 2.69. The van der Waals surface area contributed by atoms with Crippen molar-refractivity contribution in [3.05, 3.63) is 0 Å². The van der Waals surface area contributed by atoms with Crippen molar-refractivity contribution in [2.45, 2.75) is 74.2 Å². The van der Waals surface area contributed by atoms with Gasteiger partial charge in [0.2, 0.25) is 0 Å². The lowest BCUT2D eigenvalue weighted by molar-refractivity contribution is -0.353. The van der Waals surface area contributed by atoms with E-state index in [4.69, 9.17) is 4.74 Å². The average molecular weight is 343 g/mol. The van der Waals surface area contributed by atoms with Crippen LogP contribution in [0.5, 0.6) is 0 Å².